The molecule has 42 heavy (non-hydrogen) atoms. The fourth-order valence-corrected chi connectivity index (χ4v) is 8.45. The zero-order chi connectivity index (χ0) is 29.9. The molecule has 0 radical (unpaired) electrons. The van der Waals surface area contributed by atoms with Crippen LogP contribution in [0.25, 0.3) is 16.3 Å². The third kappa shape index (κ3) is 4.48. The van der Waals surface area contributed by atoms with Gasteiger partial charge in [-0.25, -0.2) is 8.42 Å². The molecule has 1 amide bonds. The summed E-state index contributed by atoms with van der Waals surface area (Å²) in [5, 5.41) is 14.6. The van der Waals surface area contributed by atoms with Gasteiger partial charge in [-0.2, -0.15) is 13.4 Å². The van der Waals surface area contributed by atoms with Crippen LogP contribution in [0.3, 0.4) is 0 Å². The smallest absolute Gasteiger partial charge is 0.312 e. The molecule has 11 nitrogen and oxygen atoms in total. The van der Waals surface area contributed by atoms with Crippen LogP contribution in [0.5, 0.6) is 5.75 Å². The Kier molecular flexibility index (Phi) is 7.47. The molecule has 2 atom stereocenters. The summed E-state index contributed by atoms with van der Waals surface area (Å²) in [6, 6.07) is 9.85. The normalized spacial score (nSPS) is 24.7. The maximum absolute atomic E-state index is 13.6. The van der Waals surface area contributed by atoms with Crippen molar-refractivity contribution in [2.75, 3.05) is 13.1 Å². The van der Waals surface area contributed by atoms with Gasteiger partial charge in [0.2, 0.25) is 5.52 Å². The average molecular weight is 632 g/mol. The molecule has 0 N–H and O–H groups in total. The fraction of sp³-hybridized carbons (Fsp3) is 0.357. The first-order valence-corrected chi connectivity index (χ1v) is 16.5. The zero-order valence-corrected chi connectivity index (χ0v) is 25.6. The maximum atomic E-state index is 13.6. The highest BCUT2D eigenvalue weighted by atomic mass is 32.2. The van der Waals surface area contributed by atoms with Crippen molar-refractivity contribution in [3.63, 3.8) is 0 Å². The Bertz CT molecular complexity index is 1770. The molecular weight excluding hydrogens is 603 g/mol. The summed E-state index contributed by atoms with van der Waals surface area (Å²) in [7, 11) is -2.78. The van der Waals surface area contributed by atoms with Crippen molar-refractivity contribution in [2.45, 2.75) is 55.0 Å². The number of amides is 1. The molecule has 2 fully saturated rings. The number of carbonyl (C=O) groups excluding carboxylic acids is 1. The monoisotopic (exact) mass is 631 g/mol. The van der Waals surface area contributed by atoms with Crippen molar-refractivity contribution in [3.8, 4) is 5.75 Å². The third-order valence-corrected chi connectivity index (χ3v) is 10.8. The number of aryl methyl sites for hydroxylation is 1. The van der Waals surface area contributed by atoms with Crippen LogP contribution in [-0.4, -0.2) is 42.5 Å². The van der Waals surface area contributed by atoms with E-state index in [1.165, 1.54) is 18.2 Å². The van der Waals surface area contributed by atoms with E-state index in [0.717, 1.165) is 52.1 Å². The summed E-state index contributed by atoms with van der Waals surface area (Å²) in [5.41, 5.74) is 1.43. The Hall–Kier alpha value is -2.82. The van der Waals surface area contributed by atoms with Crippen molar-refractivity contribution < 1.29 is 41.7 Å². The van der Waals surface area contributed by atoms with Crippen molar-refractivity contribution in [3.05, 3.63) is 58.9 Å². The van der Waals surface area contributed by atoms with E-state index in [1.807, 2.05) is 60.7 Å². The number of ether oxygens (including phenoxy) is 1. The van der Waals surface area contributed by atoms with E-state index in [1.54, 1.807) is 11.3 Å². The maximum Gasteiger partial charge on any atom is 0.312 e. The second kappa shape index (κ2) is 10.7. The summed E-state index contributed by atoms with van der Waals surface area (Å²) in [6.45, 7) is 5.08. The lowest BCUT2D eigenvalue weighted by atomic mass is 9.96. The molecule has 6 rings (SSSR count). The number of rotatable bonds is 8. The SMILES string of the molecule is CCCN1C(=O)C12CCCC[N+]21C(=CC(C)=Cc2sc3ccc(SOO[O-])cc3[n+]2C)Oc2ccc(S(=O)(=O)[O-])cc21. The van der Waals surface area contributed by atoms with Crippen LogP contribution in [-0.2, 0) is 31.3 Å². The lowest BCUT2D eigenvalue weighted by Gasteiger charge is -2.41. The number of carbonyl (C=O) groups is 1. The van der Waals surface area contributed by atoms with Crippen LogP contribution in [0, 0.1) is 0 Å². The van der Waals surface area contributed by atoms with E-state index in [4.69, 9.17) is 4.74 Å². The minimum Gasteiger partial charge on any atom is -0.744 e. The van der Waals surface area contributed by atoms with Gasteiger partial charge in [-0.3, -0.25) is 14.7 Å². The van der Waals surface area contributed by atoms with E-state index < -0.39 is 15.8 Å². The first-order valence-electron chi connectivity index (χ1n) is 13.5. The van der Waals surface area contributed by atoms with Crippen LogP contribution in [0.15, 0.2) is 63.7 Å². The number of allylic oxidation sites excluding steroid dienone is 2. The number of aromatic nitrogens is 1. The molecule has 222 valence electrons. The van der Waals surface area contributed by atoms with E-state index in [0.29, 0.717) is 41.7 Å². The van der Waals surface area contributed by atoms with Gasteiger partial charge in [0.25, 0.3) is 10.7 Å². The Balaban J connectivity index is 1.46. The van der Waals surface area contributed by atoms with Crippen molar-refractivity contribution in [1.82, 2.24) is 9.38 Å². The number of quaternary nitrogens is 1. The number of fused-ring (bicyclic) bond motifs is 4. The molecule has 2 aromatic carbocycles. The Morgan fingerprint density at radius 1 is 1.29 bits per heavy atom. The van der Waals surface area contributed by atoms with Gasteiger partial charge in [0.15, 0.2) is 11.4 Å². The molecule has 14 heteroatoms. The summed E-state index contributed by atoms with van der Waals surface area (Å²) in [5.74, 6) is 0.989. The summed E-state index contributed by atoms with van der Waals surface area (Å²) in [4.78, 5) is 15.8. The van der Waals surface area contributed by atoms with Gasteiger partial charge in [0, 0.05) is 42.1 Å². The first kappa shape index (κ1) is 29.3. The van der Waals surface area contributed by atoms with Crippen LogP contribution in [0.1, 0.15) is 44.5 Å². The largest absolute Gasteiger partial charge is 0.744 e. The van der Waals surface area contributed by atoms with Gasteiger partial charge in [-0.1, -0.05) is 18.3 Å². The Morgan fingerprint density at radius 3 is 2.83 bits per heavy atom. The highest BCUT2D eigenvalue weighted by Crippen LogP contribution is 2.60. The number of hydrogen-bond donors (Lipinski definition) is 0. The van der Waals surface area contributed by atoms with E-state index in [2.05, 4.69) is 9.37 Å². The van der Waals surface area contributed by atoms with Crippen molar-refractivity contribution in [2.24, 2.45) is 7.05 Å². The molecule has 0 aliphatic carbocycles. The van der Waals surface area contributed by atoms with Gasteiger partial charge >= 0.3 is 11.8 Å². The quantitative estimate of drug-likeness (QED) is 0.0695. The minimum atomic E-state index is -4.72. The summed E-state index contributed by atoms with van der Waals surface area (Å²) >= 11 is 2.42. The molecule has 2 unspecified atom stereocenters. The Morgan fingerprint density at radius 2 is 2.10 bits per heavy atom. The number of thiazole rings is 1. The zero-order valence-electron chi connectivity index (χ0n) is 23.2. The van der Waals surface area contributed by atoms with E-state index in [-0.39, 0.29) is 15.3 Å². The number of nitrogens with zero attached hydrogens (tertiary/aromatic N) is 3. The predicted octanol–water partition coefficient (Wildman–Crippen LogP) is 3.64. The highest BCUT2D eigenvalue weighted by molar-refractivity contribution is 7.94. The second-order valence-electron chi connectivity index (χ2n) is 10.7. The van der Waals surface area contributed by atoms with Gasteiger partial charge < -0.3 is 14.5 Å². The highest BCUT2D eigenvalue weighted by Gasteiger charge is 2.80. The predicted molar refractivity (Wildman–Crippen MR) is 153 cm³/mol. The van der Waals surface area contributed by atoms with Crippen LogP contribution >= 0.6 is 23.4 Å². The minimum absolute atomic E-state index is 0.0133. The summed E-state index contributed by atoms with van der Waals surface area (Å²) in [6.07, 6.45) is 6.99. The van der Waals surface area contributed by atoms with Gasteiger partial charge in [-0.15, -0.1) is 0 Å². The molecule has 2 saturated heterocycles. The van der Waals surface area contributed by atoms with Gasteiger partial charge in [0.1, 0.15) is 21.9 Å². The Labute approximate surface area is 251 Å². The van der Waals surface area contributed by atoms with Crippen LogP contribution in [0.4, 0.5) is 5.69 Å². The average Bonchev–Trinajstić information content (AvgIpc) is 3.21. The molecule has 0 saturated carbocycles. The van der Waals surface area contributed by atoms with E-state index >= 15 is 0 Å². The molecular formula is C28H29N3O8S3. The molecule has 2 spiro atoms. The summed E-state index contributed by atoms with van der Waals surface area (Å²) < 4.78 is 50.0. The molecule has 0 bridgehead atoms. The van der Waals surface area contributed by atoms with Gasteiger partial charge in [-0.05, 0) is 56.0 Å². The molecule has 3 aliphatic rings. The first-order chi connectivity index (χ1) is 20.1. The molecule has 4 heterocycles. The second-order valence-corrected chi connectivity index (χ2v) is 13.9. The van der Waals surface area contributed by atoms with Gasteiger partial charge in [0.05, 0.1) is 23.5 Å². The topological polar surface area (TPSA) is 132 Å². The molecule has 3 aromatic rings. The third-order valence-electron chi connectivity index (χ3n) is 8.25. The number of hydrogen-bond acceptors (Lipinski definition) is 10. The van der Waals surface area contributed by atoms with Crippen LogP contribution < -0.4 is 19.0 Å². The van der Waals surface area contributed by atoms with Crippen molar-refractivity contribution in [1.29, 1.82) is 0 Å². The lowest BCUT2D eigenvalue weighted by molar-refractivity contribution is -0.777. The number of benzene rings is 2. The molecule has 1 aromatic heterocycles. The molecule has 3 aliphatic heterocycles. The van der Waals surface area contributed by atoms with Crippen molar-refractivity contribution >= 4 is 61.4 Å². The van der Waals surface area contributed by atoms with Crippen LogP contribution in [0.2, 0.25) is 0 Å². The standard InChI is InChI=1S/C28H29N3O8S3/c1-4-12-30-27(32)28(30)11-5-6-13-31(28)22-17-20(42(34,35)36)8-9-23(22)37-26(31)15-18(2)14-25-29(3)21-16-19(41-39-38-33)7-10-24(21)40-25/h7-10,14-17H,4-6,11-13H2,1-3H3. The number of piperidine rings is 1. The fourth-order valence-electron chi connectivity index (χ4n) is 6.42. The lowest BCUT2D eigenvalue weighted by Crippen LogP contribution is -2.62. The van der Waals surface area contributed by atoms with E-state index in [9.17, 15) is 23.0 Å².